The van der Waals surface area contributed by atoms with Crippen molar-refractivity contribution in [2.45, 2.75) is 24.2 Å². The smallest absolute Gasteiger partial charge is 0.713 e. The fourth-order valence-corrected chi connectivity index (χ4v) is 1.76. The largest absolute Gasteiger partial charge is 1.00 e. The van der Waals surface area contributed by atoms with Crippen molar-refractivity contribution in [1.29, 1.82) is 0 Å². The third-order valence-corrected chi connectivity index (χ3v) is 3.66. The predicted molar refractivity (Wildman–Crippen MR) is 89.9 cm³/mol. The maximum atomic E-state index is 9.75. The van der Waals surface area contributed by atoms with E-state index < -0.39 is 14.5 Å². The van der Waals surface area contributed by atoms with Crippen LogP contribution in [-0.2, 0) is 98.2 Å². The van der Waals surface area contributed by atoms with E-state index in [1.54, 1.807) is 9.36 Å². The molecule has 2 heterocycles. The van der Waals surface area contributed by atoms with E-state index >= 15 is 0 Å². The molecule has 2 aromatic rings. The Labute approximate surface area is 210 Å². The molecule has 0 radical (unpaired) electrons. The van der Waals surface area contributed by atoms with Crippen LogP contribution in [0, 0.1) is 13.8 Å². The summed E-state index contributed by atoms with van der Waals surface area (Å²) < 4.78 is 85.3. The zero-order chi connectivity index (χ0) is 23.0. The van der Waals surface area contributed by atoms with Crippen LogP contribution in [0.15, 0.2) is 10.3 Å². The number of nitrogens with zero attached hydrogens (tertiary/aromatic N) is 6. The van der Waals surface area contributed by atoms with Crippen molar-refractivity contribution in [2.75, 3.05) is 0 Å². The van der Waals surface area contributed by atoms with Crippen molar-refractivity contribution in [2.24, 2.45) is 28.2 Å². The molecule has 0 aliphatic heterocycles. The average Bonchev–Trinajstić information content (AvgIpc) is 2.81. The Kier molecular flexibility index (Phi) is 19.2. The Balaban J connectivity index is -0.000000153. The number of aromatic nitrogens is 6. The maximum absolute atomic E-state index is 9.75. The van der Waals surface area contributed by atoms with E-state index in [9.17, 15) is 34.5 Å². The summed E-state index contributed by atoms with van der Waals surface area (Å²) in [6.45, 7) is 3.95. The first kappa shape index (κ1) is 37.1. The third kappa shape index (κ3) is 19.7. The summed E-state index contributed by atoms with van der Waals surface area (Å²) in [4.78, 5) is 0. The molecule has 0 spiro atoms. The van der Waals surface area contributed by atoms with Crippen LogP contribution in [0.2, 0.25) is 0 Å². The van der Waals surface area contributed by atoms with Crippen LogP contribution >= 0.6 is 0 Å². The van der Waals surface area contributed by atoms with Crippen molar-refractivity contribution in [3.63, 3.8) is 0 Å². The molecule has 6 nitrogen and oxygen atoms in total. The summed E-state index contributed by atoms with van der Waals surface area (Å²) in [6, 6.07) is 0. The number of hydrogen-bond donors (Lipinski definition) is 0. The summed E-state index contributed by atoms with van der Waals surface area (Å²) >= 11 is 9.79. The fourth-order valence-electron chi connectivity index (χ4n) is 1.25. The maximum Gasteiger partial charge on any atom is 1.00 e. The minimum Gasteiger partial charge on any atom is -0.713 e. The second kappa shape index (κ2) is 15.6. The molecular weight excluding hydrogens is 836 g/mol. The van der Waals surface area contributed by atoms with Gasteiger partial charge in [-0.15, -0.1) is 9.36 Å². The molecule has 0 fully saturated rings. The van der Waals surface area contributed by atoms with Crippen LogP contribution in [0.3, 0.4) is 0 Å². The number of aryl methyl sites for hydroxylation is 2. The minimum atomic E-state index is -6.00. The second-order valence-corrected chi connectivity index (χ2v) is 5.74. The molecule has 0 saturated carbocycles. The van der Waals surface area contributed by atoms with Gasteiger partial charge in [0.1, 0.15) is 24.4 Å². The van der Waals surface area contributed by atoms with E-state index in [1.807, 2.05) is 51.2 Å². The van der Waals surface area contributed by atoms with Gasteiger partial charge in [-0.1, -0.05) is 10.2 Å². The van der Waals surface area contributed by atoms with E-state index in [4.69, 9.17) is 25.3 Å². The molecule has 0 aliphatic rings. The Morgan fingerprint density at radius 3 is 0.867 bits per heavy atom. The van der Waals surface area contributed by atoms with Crippen LogP contribution in [0.1, 0.15) is 11.6 Å². The topological polar surface area (TPSA) is 43.4 Å². The summed E-state index contributed by atoms with van der Waals surface area (Å²) in [6.07, 6.45) is 0. The third-order valence-electron chi connectivity index (χ3n) is 2.95. The van der Waals surface area contributed by atoms with Gasteiger partial charge in [0.25, 0.3) is 11.6 Å². The first-order valence-electron chi connectivity index (χ1n) is 7.13. The first-order valence-corrected chi connectivity index (χ1v) is 7.95. The molecule has 0 bridgehead atoms. The van der Waals surface area contributed by atoms with E-state index in [-0.39, 0.29) is 44.8 Å². The zero-order valence-corrected chi connectivity index (χ0v) is 22.2. The summed E-state index contributed by atoms with van der Waals surface area (Å²) in [5, 5.41) is 9.28. The minimum absolute atomic E-state index is 0. The molecule has 0 unspecified atom stereocenters. The van der Waals surface area contributed by atoms with Crippen LogP contribution in [0.25, 0.3) is 0 Å². The molecular formula is C10H18Au2B2F8N6S2. The molecule has 2 aromatic heterocycles. The number of halogens is 8. The number of hydrogen-bond acceptors (Lipinski definition) is 4. The van der Waals surface area contributed by atoms with Gasteiger partial charge in [-0.05, 0) is 0 Å². The van der Waals surface area contributed by atoms with Gasteiger partial charge >= 0.3 is 59.3 Å². The Hall–Kier alpha value is -0.230. The van der Waals surface area contributed by atoms with Gasteiger partial charge in [0.15, 0.2) is 0 Å². The molecule has 2 rings (SSSR count). The first-order chi connectivity index (χ1) is 12.3. The van der Waals surface area contributed by atoms with E-state index in [2.05, 4.69) is 10.2 Å². The van der Waals surface area contributed by atoms with Crippen molar-refractivity contribution in [1.82, 2.24) is 19.3 Å². The average molecular weight is 854 g/mol. The Morgan fingerprint density at radius 1 is 0.667 bits per heavy atom. The molecule has 0 aliphatic carbocycles. The second-order valence-electron chi connectivity index (χ2n) is 5.01. The van der Waals surface area contributed by atoms with Gasteiger partial charge in [-0.3, -0.25) is 0 Å². The predicted octanol–water partition coefficient (Wildman–Crippen LogP) is 1.51. The van der Waals surface area contributed by atoms with Gasteiger partial charge < -0.3 is 59.8 Å². The van der Waals surface area contributed by atoms with Crippen LogP contribution < -0.4 is 9.36 Å². The summed E-state index contributed by atoms with van der Waals surface area (Å²) in [5.41, 5.74) is 0. The summed E-state index contributed by atoms with van der Waals surface area (Å²) in [5.74, 6) is 2.14. The van der Waals surface area contributed by atoms with Gasteiger partial charge in [0.2, 0.25) is 0 Å². The van der Waals surface area contributed by atoms with Crippen LogP contribution in [0.4, 0.5) is 34.5 Å². The molecule has 30 heavy (non-hydrogen) atoms. The normalized spacial score (nSPS) is 10.1. The van der Waals surface area contributed by atoms with Crippen molar-refractivity contribution >= 4 is 39.8 Å². The SMILES string of the molecule is Cc1n(C)c([S-])n[n+]1C.Cc1n(C)c([S-])n[n+]1C.F[B-](F)(F)F.F[B-](F)(F)F.[Au+].[Au+]. The van der Waals surface area contributed by atoms with Crippen LogP contribution in [0.5, 0.6) is 0 Å². The number of rotatable bonds is 0. The molecule has 20 heteroatoms. The monoisotopic (exact) mass is 854 g/mol. The van der Waals surface area contributed by atoms with Crippen LogP contribution in [-0.4, -0.2) is 33.8 Å². The Morgan fingerprint density at radius 2 is 0.833 bits per heavy atom. The van der Waals surface area contributed by atoms with Crippen molar-refractivity contribution in [3.05, 3.63) is 11.6 Å². The van der Waals surface area contributed by atoms with Crippen molar-refractivity contribution < 1.29 is 88.6 Å². The summed E-state index contributed by atoms with van der Waals surface area (Å²) in [7, 11) is -4.42. The standard InChI is InChI=1S/2C5H9N3S.2Au.2BF4/c2*1-4-7(2)5(9)6-8(4)3;;;2*2-1(3,4)5/h2*1-3H3;;;;/q;;2*+1;2*-1. The van der Waals surface area contributed by atoms with Gasteiger partial charge in [0.05, 0.1) is 14.1 Å². The van der Waals surface area contributed by atoms with E-state index in [0.29, 0.717) is 10.3 Å². The molecule has 0 N–H and O–H groups in total. The zero-order valence-electron chi connectivity index (χ0n) is 16.3. The molecule has 184 valence electrons. The van der Waals surface area contributed by atoms with Crippen molar-refractivity contribution in [3.8, 4) is 0 Å². The van der Waals surface area contributed by atoms with Gasteiger partial charge in [-0.25, -0.2) is 9.13 Å². The molecule has 0 atom stereocenters. The molecule has 0 saturated heterocycles. The van der Waals surface area contributed by atoms with Gasteiger partial charge in [-0.2, -0.15) is 0 Å². The Bertz CT molecular complexity index is 637. The fraction of sp³-hybridized carbons (Fsp3) is 0.600. The molecule has 0 aromatic carbocycles. The van der Waals surface area contributed by atoms with Gasteiger partial charge in [0, 0.05) is 13.8 Å². The van der Waals surface area contributed by atoms with E-state index in [1.165, 1.54) is 0 Å². The molecule has 0 amide bonds. The quantitative estimate of drug-likeness (QED) is 0.175. The van der Waals surface area contributed by atoms with E-state index in [0.717, 1.165) is 11.6 Å².